The van der Waals surface area contributed by atoms with Crippen molar-refractivity contribution in [2.45, 2.75) is 25.8 Å². The summed E-state index contributed by atoms with van der Waals surface area (Å²) < 4.78 is 10.2. The van der Waals surface area contributed by atoms with E-state index in [1.54, 1.807) is 36.4 Å². The van der Waals surface area contributed by atoms with Crippen molar-refractivity contribution in [2.75, 3.05) is 20.8 Å². The highest BCUT2D eigenvalue weighted by Gasteiger charge is 2.45. The van der Waals surface area contributed by atoms with Gasteiger partial charge in [0.05, 0.1) is 25.8 Å². The predicted molar refractivity (Wildman–Crippen MR) is 112 cm³/mol. The van der Waals surface area contributed by atoms with Gasteiger partial charge in [0.15, 0.2) is 11.5 Å². The molecule has 2 aromatic rings. The van der Waals surface area contributed by atoms with E-state index < -0.39 is 17.7 Å². The molecule has 0 spiro atoms. The van der Waals surface area contributed by atoms with E-state index in [1.807, 2.05) is 6.92 Å². The topological polar surface area (TPSA) is 96.3 Å². The van der Waals surface area contributed by atoms with Gasteiger partial charge in [-0.3, -0.25) is 9.59 Å². The molecule has 0 aliphatic carbocycles. The number of carbonyl (C=O) groups is 2. The van der Waals surface area contributed by atoms with Gasteiger partial charge < -0.3 is 24.6 Å². The minimum atomic E-state index is -0.810. The first-order valence-corrected chi connectivity index (χ1v) is 9.72. The number of phenolic OH excluding ortho intramolecular Hbond substituents is 1. The minimum absolute atomic E-state index is 0.00848. The number of aliphatic hydroxyl groups is 1. The zero-order valence-electron chi connectivity index (χ0n) is 17.2. The summed E-state index contributed by atoms with van der Waals surface area (Å²) in [5.74, 6) is -0.916. The number of hydrogen-bond acceptors (Lipinski definition) is 6. The van der Waals surface area contributed by atoms with Crippen molar-refractivity contribution in [3.8, 4) is 17.2 Å². The molecule has 7 nitrogen and oxygen atoms in total. The average Bonchev–Trinajstić information content (AvgIpc) is 3.01. The summed E-state index contributed by atoms with van der Waals surface area (Å²) in [6.45, 7) is 2.35. The first-order chi connectivity index (χ1) is 14.4. The minimum Gasteiger partial charge on any atom is -0.507 e. The Balaban J connectivity index is 2.15. The number of ketones is 1. The van der Waals surface area contributed by atoms with Crippen LogP contribution < -0.4 is 9.47 Å². The lowest BCUT2D eigenvalue weighted by atomic mass is 9.95. The van der Waals surface area contributed by atoms with Crippen LogP contribution in [0.15, 0.2) is 48.0 Å². The largest absolute Gasteiger partial charge is 0.507 e. The average molecular weight is 411 g/mol. The monoisotopic (exact) mass is 411 g/mol. The maximum atomic E-state index is 12.9. The number of phenols is 1. The quantitative estimate of drug-likeness (QED) is 0.410. The first-order valence-electron chi connectivity index (χ1n) is 9.72. The van der Waals surface area contributed by atoms with E-state index in [2.05, 4.69) is 0 Å². The van der Waals surface area contributed by atoms with E-state index in [9.17, 15) is 19.8 Å². The van der Waals surface area contributed by atoms with Crippen LogP contribution in [0.3, 0.4) is 0 Å². The molecular formula is C23H25NO6. The molecule has 30 heavy (non-hydrogen) atoms. The second kappa shape index (κ2) is 8.90. The molecule has 0 aromatic heterocycles. The number of aromatic hydroxyl groups is 1. The molecule has 1 heterocycles. The summed E-state index contributed by atoms with van der Waals surface area (Å²) >= 11 is 0. The molecule has 3 rings (SSSR count). The molecular weight excluding hydrogens is 386 g/mol. The maximum absolute atomic E-state index is 12.9. The van der Waals surface area contributed by atoms with E-state index in [0.717, 1.165) is 6.42 Å². The number of methoxy groups -OCH3 is 2. The number of Topliss-reactive ketones (excluding diaryl/α,β-unsaturated/α-hetero) is 1. The van der Waals surface area contributed by atoms with Gasteiger partial charge in [-0.05, 0) is 48.4 Å². The lowest BCUT2D eigenvalue weighted by Gasteiger charge is -2.25. The lowest BCUT2D eigenvalue weighted by Crippen LogP contribution is -2.30. The number of hydrogen-bond donors (Lipinski definition) is 2. The number of carbonyl (C=O) groups excluding carboxylic acids is 2. The molecule has 2 aromatic carbocycles. The number of rotatable bonds is 7. The van der Waals surface area contributed by atoms with Crippen molar-refractivity contribution in [2.24, 2.45) is 0 Å². The standard InChI is InChI=1S/C23H25NO6/c1-4-5-12-24-20(15-8-11-18(30-3)17(25)13-15)19(22(27)23(24)28)21(26)14-6-9-16(29-2)10-7-14/h6-11,13,20,25-26H,4-5,12H2,1-3H3/b21-19-. The Hall–Kier alpha value is -3.48. The summed E-state index contributed by atoms with van der Waals surface area (Å²) in [6.07, 6.45) is 1.54. The van der Waals surface area contributed by atoms with Gasteiger partial charge in [0, 0.05) is 12.1 Å². The molecule has 1 amide bonds. The Morgan fingerprint density at radius 2 is 1.77 bits per heavy atom. The van der Waals surface area contributed by atoms with Crippen LogP contribution in [0, 0.1) is 0 Å². The van der Waals surface area contributed by atoms with Crippen LogP contribution in [0.1, 0.15) is 36.9 Å². The second-order valence-corrected chi connectivity index (χ2v) is 7.01. The van der Waals surface area contributed by atoms with Gasteiger partial charge in [-0.2, -0.15) is 0 Å². The molecule has 2 N–H and O–H groups in total. The van der Waals surface area contributed by atoms with Crippen LogP contribution in [0.2, 0.25) is 0 Å². The van der Waals surface area contributed by atoms with E-state index >= 15 is 0 Å². The summed E-state index contributed by atoms with van der Waals surface area (Å²) in [7, 11) is 2.97. The fourth-order valence-corrected chi connectivity index (χ4v) is 3.57. The lowest BCUT2D eigenvalue weighted by molar-refractivity contribution is -0.139. The van der Waals surface area contributed by atoms with Crippen LogP contribution >= 0.6 is 0 Å². The highest BCUT2D eigenvalue weighted by atomic mass is 16.5. The van der Waals surface area contributed by atoms with Crippen LogP contribution in [0.5, 0.6) is 17.2 Å². The van der Waals surface area contributed by atoms with Crippen molar-refractivity contribution in [1.82, 2.24) is 4.90 Å². The number of likely N-dealkylation sites (tertiary alicyclic amines) is 1. The summed E-state index contributed by atoms with van der Waals surface area (Å²) in [4.78, 5) is 27.1. The van der Waals surface area contributed by atoms with Crippen LogP contribution in [-0.4, -0.2) is 47.6 Å². The molecule has 7 heteroatoms. The molecule has 0 radical (unpaired) electrons. The number of nitrogens with zero attached hydrogens (tertiary/aromatic N) is 1. The molecule has 1 unspecified atom stereocenters. The molecule has 1 aliphatic heterocycles. The van der Waals surface area contributed by atoms with Gasteiger partial charge in [-0.25, -0.2) is 0 Å². The number of unbranched alkanes of at least 4 members (excludes halogenated alkanes) is 1. The van der Waals surface area contributed by atoms with E-state index in [0.29, 0.717) is 29.8 Å². The molecule has 1 saturated heterocycles. The van der Waals surface area contributed by atoms with Gasteiger partial charge >= 0.3 is 0 Å². The first kappa shape index (κ1) is 21.2. The highest BCUT2D eigenvalue weighted by Crippen LogP contribution is 2.41. The molecule has 0 saturated carbocycles. The van der Waals surface area contributed by atoms with Crippen molar-refractivity contribution in [3.05, 3.63) is 59.2 Å². The van der Waals surface area contributed by atoms with Crippen molar-refractivity contribution < 1.29 is 29.3 Å². The zero-order valence-corrected chi connectivity index (χ0v) is 17.2. The van der Waals surface area contributed by atoms with Gasteiger partial charge in [-0.1, -0.05) is 19.4 Å². The Bertz CT molecular complexity index is 980. The molecule has 1 atom stereocenters. The third-order valence-corrected chi connectivity index (χ3v) is 5.17. The maximum Gasteiger partial charge on any atom is 0.295 e. The van der Waals surface area contributed by atoms with E-state index in [-0.39, 0.29) is 22.8 Å². The van der Waals surface area contributed by atoms with Crippen molar-refractivity contribution in [3.63, 3.8) is 0 Å². The number of amides is 1. The van der Waals surface area contributed by atoms with E-state index in [1.165, 1.54) is 25.2 Å². The van der Waals surface area contributed by atoms with Crippen molar-refractivity contribution >= 4 is 17.4 Å². The Kier molecular flexibility index (Phi) is 6.30. The highest BCUT2D eigenvalue weighted by molar-refractivity contribution is 6.46. The van der Waals surface area contributed by atoms with Gasteiger partial charge in [0.2, 0.25) is 0 Å². The Labute approximate surface area is 175 Å². The zero-order chi connectivity index (χ0) is 21.8. The molecule has 1 aliphatic rings. The van der Waals surface area contributed by atoms with Gasteiger partial charge in [-0.15, -0.1) is 0 Å². The van der Waals surface area contributed by atoms with Crippen LogP contribution in [0.25, 0.3) is 5.76 Å². The fourth-order valence-electron chi connectivity index (χ4n) is 3.57. The fraction of sp³-hybridized carbons (Fsp3) is 0.304. The molecule has 1 fully saturated rings. The second-order valence-electron chi connectivity index (χ2n) is 7.01. The Morgan fingerprint density at radius 1 is 1.07 bits per heavy atom. The number of aliphatic hydroxyl groups excluding tert-OH is 1. The normalized spacial score (nSPS) is 18.0. The number of ether oxygens (including phenoxy) is 2. The summed E-state index contributed by atoms with van der Waals surface area (Å²) in [5, 5.41) is 21.2. The predicted octanol–water partition coefficient (Wildman–Crippen LogP) is 3.63. The van der Waals surface area contributed by atoms with Crippen LogP contribution in [0.4, 0.5) is 0 Å². The Morgan fingerprint density at radius 3 is 2.33 bits per heavy atom. The number of benzene rings is 2. The summed E-state index contributed by atoms with van der Waals surface area (Å²) in [5.41, 5.74) is 0.900. The van der Waals surface area contributed by atoms with Gasteiger partial charge in [0.25, 0.3) is 11.7 Å². The van der Waals surface area contributed by atoms with Gasteiger partial charge in [0.1, 0.15) is 11.5 Å². The summed E-state index contributed by atoms with van der Waals surface area (Å²) in [6, 6.07) is 10.5. The van der Waals surface area contributed by atoms with E-state index in [4.69, 9.17) is 9.47 Å². The molecule has 158 valence electrons. The molecule has 0 bridgehead atoms. The SMILES string of the molecule is CCCCN1C(=O)C(=O)/C(=C(\O)c2ccc(OC)cc2)C1c1ccc(OC)c(O)c1. The van der Waals surface area contributed by atoms with Crippen molar-refractivity contribution in [1.29, 1.82) is 0 Å². The third kappa shape index (κ3) is 3.83. The third-order valence-electron chi connectivity index (χ3n) is 5.17. The smallest absolute Gasteiger partial charge is 0.295 e. The van der Waals surface area contributed by atoms with Crippen LogP contribution in [-0.2, 0) is 9.59 Å².